The fourth-order valence-electron chi connectivity index (χ4n) is 0.872. The lowest BCUT2D eigenvalue weighted by Gasteiger charge is -2.24. The van der Waals surface area contributed by atoms with Gasteiger partial charge in [0.1, 0.15) is 0 Å². The van der Waals surface area contributed by atoms with Crippen molar-refractivity contribution < 1.29 is 4.79 Å². The molecule has 4 heteroatoms. The summed E-state index contributed by atoms with van der Waals surface area (Å²) in [4.78, 5) is 17.0. The second kappa shape index (κ2) is 5.80. The maximum Gasteiger partial charge on any atom is 0.319 e. The Hall–Kier alpha value is -0.770. The molecule has 0 unspecified atom stereocenters. The number of urea groups is 1. The Morgan fingerprint density at radius 1 is 1.00 bits per heavy atom. The first-order valence-corrected chi connectivity index (χ1v) is 4.60. The Balaban J connectivity index is 3.82. The van der Waals surface area contributed by atoms with Crippen LogP contribution in [0.15, 0.2) is 0 Å². The largest absolute Gasteiger partial charge is 0.328 e. The first-order chi connectivity index (χ1) is 5.99. The van der Waals surface area contributed by atoms with Crippen molar-refractivity contribution in [1.29, 1.82) is 0 Å². The van der Waals surface area contributed by atoms with Crippen molar-refractivity contribution in [3.8, 4) is 0 Å². The number of nitrogens with zero attached hydrogens (tertiary/aromatic N) is 3. The van der Waals surface area contributed by atoms with Gasteiger partial charge < -0.3 is 14.7 Å². The summed E-state index contributed by atoms with van der Waals surface area (Å²) in [6.45, 7) is 4.40. The van der Waals surface area contributed by atoms with Crippen LogP contribution in [0.3, 0.4) is 0 Å². The van der Waals surface area contributed by atoms with Gasteiger partial charge in [-0.05, 0) is 21.0 Å². The number of carbonyl (C=O) groups is 1. The zero-order chi connectivity index (χ0) is 10.4. The van der Waals surface area contributed by atoms with E-state index in [1.54, 1.807) is 9.80 Å². The number of amides is 2. The number of hydrogen-bond acceptors (Lipinski definition) is 2. The Morgan fingerprint density at radius 3 is 1.92 bits per heavy atom. The van der Waals surface area contributed by atoms with Crippen molar-refractivity contribution in [2.24, 2.45) is 0 Å². The second-order valence-corrected chi connectivity index (χ2v) is 3.52. The molecule has 78 valence electrons. The van der Waals surface area contributed by atoms with Gasteiger partial charge in [0, 0.05) is 33.7 Å². The molecule has 0 radical (unpaired) electrons. The first kappa shape index (κ1) is 12.2. The molecule has 0 bridgehead atoms. The van der Waals surface area contributed by atoms with Crippen LogP contribution in [0.4, 0.5) is 4.79 Å². The second-order valence-electron chi connectivity index (χ2n) is 3.52. The number of rotatable bonds is 4. The maximum absolute atomic E-state index is 11.5. The summed E-state index contributed by atoms with van der Waals surface area (Å²) in [5.41, 5.74) is 0. The lowest BCUT2D eigenvalue weighted by Crippen LogP contribution is -2.41. The molecule has 0 aliphatic carbocycles. The quantitative estimate of drug-likeness (QED) is 0.642. The molecular weight excluding hydrogens is 166 g/mol. The third-order valence-electron chi connectivity index (χ3n) is 2.01. The van der Waals surface area contributed by atoms with E-state index in [1.165, 1.54) is 0 Å². The monoisotopic (exact) mass is 187 g/mol. The molecule has 0 aromatic heterocycles. The van der Waals surface area contributed by atoms with Crippen LogP contribution in [-0.2, 0) is 0 Å². The minimum Gasteiger partial charge on any atom is -0.328 e. The Morgan fingerprint density at radius 2 is 1.54 bits per heavy atom. The van der Waals surface area contributed by atoms with Gasteiger partial charge in [-0.3, -0.25) is 0 Å². The number of hydrogen-bond donors (Lipinski definition) is 0. The van der Waals surface area contributed by atoms with E-state index in [1.807, 2.05) is 35.1 Å². The van der Waals surface area contributed by atoms with Crippen molar-refractivity contribution in [1.82, 2.24) is 14.7 Å². The smallest absolute Gasteiger partial charge is 0.319 e. The molecule has 0 N–H and O–H groups in total. The van der Waals surface area contributed by atoms with E-state index in [9.17, 15) is 4.79 Å². The van der Waals surface area contributed by atoms with Gasteiger partial charge in [-0.1, -0.05) is 0 Å². The molecule has 0 heterocycles. The van der Waals surface area contributed by atoms with E-state index in [-0.39, 0.29) is 6.03 Å². The van der Waals surface area contributed by atoms with Gasteiger partial charge in [-0.15, -0.1) is 0 Å². The number of carbonyl (C=O) groups excluding carboxylic acids is 1. The third-order valence-corrected chi connectivity index (χ3v) is 2.01. The predicted molar refractivity (Wildman–Crippen MR) is 54.9 cm³/mol. The number of likely N-dealkylation sites (N-methyl/N-ethyl adjacent to an activating group) is 2. The maximum atomic E-state index is 11.5. The van der Waals surface area contributed by atoms with Crippen LogP contribution in [0, 0.1) is 0 Å². The minimum absolute atomic E-state index is 0.0874. The van der Waals surface area contributed by atoms with Crippen LogP contribution in [0.5, 0.6) is 0 Å². The fraction of sp³-hybridized carbons (Fsp3) is 0.889. The van der Waals surface area contributed by atoms with Gasteiger partial charge in [-0.25, -0.2) is 4.79 Å². The molecule has 4 nitrogen and oxygen atoms in total. The summed E-state index contributed by atoms with van der Waals surface area (Å²) in [5, 5.41) is 0. The molecule has 2 amide bonds. The van der Waals surface area contributed by atoms with E-state index in [0.717, 1.165) is 19.6 Å². The molecule has 0 rings (SSSR count). The highest BCUT2D eigenvalue weighted by Crippen LogP contribution is 1.93. The highest BCUT2D eigenvalue weighted by Gasteiger charge is 2.11. The summed E-state index contributed by atoms with van der Waals surface area (Å²) < 4.78 is 0. The van der Waals surface area contributed by atoms with Crippen LogP contribution in [0.2, 0.25) is 0 Å². The van der Waals surface area contributed by atoms with Crippen molar-refractivity contribution in [2.75, 3.05) is 47.8 Å². The van der Waals surface area contributed by atoms with Crippen molar-refractivity contribution >= 4 is 6.03 Å². The zero-order valence-corrected chi connectivity index (χ0v) is 9.37. The lowest BCUT2D eigenvalue weighted by molar-refractivity contribution is 0.171. The third kappa shape index (κ3) is 4.72. The molecule has 0 spiro atoms. The van der Waals surface area contributed by atoms with E-state index < -0.39 is 0 Å². The van der Waals surface area contributed by atoms with Gasteiger partial charge in [0.05, 0.1) is 0 Å². The topological polar surface area (TPSA) is 26.8 Å². The lowest BCUT2D eigenvalue weighted by atomic mass is 10.5. The van der Waals surface area contributed by atoms with Crippen molar-refractivity contribution in [3.63, 3.8) is 0 Å². The Labute approximate surface area is 81.1 Å². The summed E-state index contributed by atoms with van der Waals surface area (Å²) in [6.07, 6.45) is 0. The van der Waals surface area contributed by atoms with E-state index in [0.29, 0.717) is 0 Å². The molecule has 0 aromatic carbocycles. The summed E-state index contributed by atoms with van der Waals surface area (Å²) >= 11 is 0. The van der Waals surface area contributed by atoms with Gasteiger partial charge in [0.25, 0.3) is 0 Å². The fourth-order valence-corrected chi connectivity index (χ4v) is 0.872. The van der Waals surface area contributed by atoms with Gasteiger partial charge >= 0.3 is 6.03 Å². The summed E-state index contributed by atoms with van der Waals surface area (Å²) in [7, 11) is 7.65. The summed E-state index contributed by atoms with van der Waals surface area (Å²) in [6, 6.07) is 0.0874. The van der Waals surface area contributed by atoms with Crippen LogP contribution >= 0.6 is 0 Å². The van der Waals surface area contributed by atoms with Gasteiger partial charge in [0.2, 0.25) is 0 Å². The van der Waals surface area contributed by atoms with Crippen molar-refractivity contribution in [3.05, 3.63) is 0 Å². The standard InChI is InChI=1S/C9H21N3O/c1-6-11(4)9(13)12(5)8-7-10(2)3/h6-8H2,1-5H3. The van der Waals surface area contributed by atoms with Gasteiger partial charge in [0.15, 0.2) is 0 Å². The molecule has 0 aliphatic heterocycles. The Bertz CT molecular complexity index is 159. The molecular formula is C9H21N3O. The van der Waals surface area contributed by atoms with Crippen LogP contribution in [0.1, 0.15) is 6.92 Å². The van der Waals surface area contributed by atoms with Crippen LogP contribution < -0.4 is 0 Å². The molecule has 0 fully saturated rings. The van der Waals surface area contributed by atoms with Gasteiger partial charge in [-0.2, -0.15) is 0 Å². The molecule has 0 saturated heterocycles. The molecule has 0 aromatic rings. The highest BCUT2D eigenvalue weighted by atomic mass is 16.2. The normalized spacial score (nSPS) is 10.3. The molecule has 0 atom stereocenters. The zero-order valence-electron chi connectivity index (χ0n) is 9.37. The van der Waals surface area contributed by atoms with E-state index in [4.69, 9.17) is 0 Å². The Kier molecular flexibility index (Phi) is 5.46. The predicted octanol–water partition coefficient (Wildman–Crippen LogP) is 0.552. The minimum atomic E-state index is 0.0874. The highest BCUT2D eigenvalue weighted by molar-refractivity contribution is 5.73. The van der Waals surface area contributed by atoms with Crippen molar-refractivity contribution in [2.45, 2.75) is 6.92 Å². The van der Waals surface area contributed by atoms with E-state index >= 15 is 0 Å². The molecule has 13 heavy (non-hydrogen) atoms. The molecule has 0 aliphatic rings. The molecule has 0 saturated carbocycles. The van der Waals surface area contributed by atoms with Crippen LogP contribution in [-0.4, -0.2) is 68.6 Å². The SMILES string of the molecule is CCN(C)C(=O)N(C)CCN(C)C. The summed E-state index contributed by atoms with van der Waals surface area (Å²) in [5.74, 6) is 0. The first-order valence-electron chi connectivity index (χ1n) is 4.60. The van der Waals surface area contributed by atoms with Crippen LogP contribution in [0.25, 0.3) is 0 Å². The average molecular weight is 187 g/mol. The average Bonchev–Trinajstić information content (AvgIpc) is 2.11. The van der Waals surface area contributed by atoms with E-state index in [2.05, 4.69) is 4.90 Å².